The topological polar surface area (TPSA) is 52.6 Å². The molecule has 1 heterocycles. The lowest BCUT2D eigenvalue weighted by Crippen LogP contribution is -2.48. The van der Waals surface area contributed by atoms with Crippen LogP contribution in [0.5, 0.6) is 0 Å². The number of benzene rings is 1. The number of amides is 2. The van der Waals surface area contributed by atoms with Gasteiger partial charge >= 0.3 is 6.03 Å². The van der Waals surface area contributed by atoms with Crippen molar-refractivity contribution >= 4 is 6.03 Å². The average molecular weight is 306 g/mol. The monoisotopic (exact) mass is 306 g/mol. The summed E-state index contributed by atoms with van der Waals surface area (Å²) < 4.78 is 13.1. The lowest BCUT2D eigenvalue weighted by atomic mass is 9.69. The summed E-state index contributed by atoms with van der Waals surface area (Å²) in [4.78, 5) is 14.0. The fourth-order valence-electron chi connectivity index (χ4n) is 3.55. The number of likely N-dealkylation sites (tertiary alicyclic amines) is 1. The summed E-state index contributed by atoms with van der Waals surface area (Å²) in [6.45, 7) is 3.28. The van der Waals surface area contributed by atoms with Crippen molar-refractivity contribution in [2.75, 3.05) is 13.1 Å². The highest BCUT2D eigenvalue weighted by molar-refractivity contribution is 5.74. The second-order valence-electron chi connectivity index (χ2n) is 6.69. The maximum atomic E-state index is 13.1. The Morgan fingerprint density at radius 1 is 1.50 bits per heavy atom. The van der Waals surface area contributed by atoms with Gasteiger partial charge in [-0.15, -0.1) is 0 Å². The van der Waals surface area contributed by atoms with E-state index in [9.17, 15) is 14.3 Å². The Morgan fingerprint density at radius 3 is 2.91 bits per heavy atom. The number of β-amino-alcohol motifs (C(OH)–C–C–N with tert-alkyl or cyclic N) is 1. The first-order chi connectivity index (χ1) is 10.5. The van der Waals surface area contributed by atoms with Gasteiger partial charge in [-0.3, -0.25) is 0 Å². The van der Waals surface area contributed by atoms with Gasteiger partial charge in [0.1, 0.15) is 5.82 Å². The van der Waals surface area contributed by atoms with E-state index in [1.165, 1.54) is 18.6 Å². The van der Waals surface area contributed by atoms with Crippen molar-refractivity contribution < 1.29 is 14.3 Å². The molecule has 2 aliphatic rings. The number of carbonyl (C=O) groups is 1. The molecule has 2 atom stereocenters. The van der Waals surface area contributed by atoms with Gasteiger partial charge in [-0.25, -0.2) is 9.18 Å². The Balaban J connectivity index is 1.57. The first-order valence-electron chi connectivity index (χ1n) is 7.98. The first-order valence-corrected chi connectivity index (χ1v) is 7.98. The summed E-state index contributed by atoms with van der Waals surface area (Å²) in [5, 5.41) is 13.7. The highest BCUT2D eigenvalue weighted by Gasteiger charge is 2.50. The first kappa shape index (κ1) is 15.3. The van der Waals surface area contributed by atoms with Crippen LogP contribution in [0.1, 0.15) is 31.7 Å². The number of hydrogen-bond acceptors (Lipinski definition) is 2. The lowest BCUT2D eigenvalue weighted by molar-refractivity contribution is -0.0656. The van der Waals surface area contributed by atoms with Crippen molar-refractivity contribution in [1.82, 2.24) is 10.2 Å². The van der Waals surface area contributed by atoms with Crippen LogP contribution in [0.4, 0.5) is 9.18 Å². The quantitative estimate of drug-likeness (QED) is 0.901. The predicted octanol–water partition coefficient (Wildman–Crippen LogP) is 2.52. The molecule has 3 rings (SSSR count). The number of urea groups is 1. The molecule has 1 aliphatic carbocycles. The van der Waals surface area contributed by atoms with Crippen molar-refractivity contribution in [3.8, 4) is 0 Å². The van der Waals surface area contributed by atoms with Crippen molar-refractivity contribution in [1.29, 1.82) is 0 Å². The minimum absolute atomic E-state index is 0.0951. The number of rotatable bonds is 3. The molecule has 22 heavy (non-hydrogen) atoms. The normalized spacial score (nSPS) is 28.5. The van der Waals surface area contributed by atoms with Gasteiger partial charge in [0.2, 0.25) is 0 Å². The zero-order valence-corrected chi connectivity index (χ0v) is 12.9. The van der Waals surface area contributed by atoms with Crippen LogP contribution in [-0.4, -0.2) is 34.7 Å². The summed E-state index contributed by atoms with van der Waals surface area (Å²) in [5.74, 6) is 0.113. The highest BCUT2D eigenvalue weighted by atomic mass is 19.1. The van der Waals surface area contributed by atoms with E-state index in [1.807, 2.05) is 6.92 Å². The van der Waals surface area contributed by atoms with E-state index in [0.29, 0.717) is 25.6 Å². The van der Waals surface area contributed by atoms with Crippen LogP contribution in [0.15, 0.2) is 24.3 Å². The SMILES string of the molecule is C[C@@H]1CN(C(=O)NCc2cccc(F)c2)C[C@@]1(O)C1CCC1. The number of halogens is 1. The van der Waals surface area contributed by atoms with Crippen molar-refractivity contribution in [2.24, 2.45) is 11.8 Å². The summed E-state index contributed by atoms with van der Waals surface area (Å²) >= 11 is 0. The zero-order valence-electron chi connectivity index (χ0n) is 12.9. The van der Waals surface area contributed by atoms with Gasteiger partial charge in [-0.1, -0.05) is 25.5 Å². The number of hydrogen-bond donors (Lipinski definition) is 2. The van der Waals surface area contributed by atoms with Crippen molar-refractivity contribution in [2.45, 2.75) is 38.3 Å². The molecule has 4 nitrogen and oxygen atoms in total. The Labute approximate surface area is 130 Å². The molecule has 0 unspecified atom stereocenters. The molecule has 0 aromatic heterocycles. The van der Waals surface area contributed by atoms with Crippen LogP contribution < -0.4 is 5.32 Å². The van der Waals surface area contributed by atoms with E-state index in [4.69, 9.17) is 0 Å². The largest absolute Gasteiger partial charge is 0.387 e. The summed E-state index contributed by atoms with van der Waals surface area (Å²) in [6, 6.07) is 6.01. The minimum atomic E-state index is -0.742. The van der Waals surface area contributed by atoms with Crippen LogP contribution in [0.2, 0.25) is 0 Å². The van der Waals surface area contributed by atoms with Crippen LogP contribution >= 0.6 is 0 Å². The Morgan fingerprint density at radius 2 is 2.27 bits per heavy atom. The second kappa shape index (κ2) is 5.88. The molecular formula is C17H23FN2O2. The molecule has 2 N–H and O–H groups in total. The molecule has 2 amide bonds. The van der Waals surface area contributed by atoms with Gasteiger partial charge in [0.15, 0.2) is 0 Å². The zero-order chi connectivity index (χ0) is 15.7. The van der Waals surface area contributed by atoms with Crippen molar-refractivity contribution in [3.63, 3.8) is 0 Å². The molecule has 120 valence electrons. The van der Waals surface area contributed by atoms with E-state index in [1.54, 1.807) is 17.0 Å². The fourth-order valence-corrected chi connectivity index (χ4v) is 3.55. The molecule has 1 aromatic rings. The standard InChI is InChI=1S/C17H23FN2O2/c1-12-10-20(11-17(12,22)14-5-3-6-14)16(21)19-9-13-4-2-7-15(18)8-13/h2,4,7-8,12,14,22H,3,5-6,9-11H2,1H3,(H,19,21)/t12-,17+/m1/s1. The summed E-state index contributed by atoms with van der Waals surface area (Å²) in [6.07, 6.45) is 3.28. The lowest BCUT2D eigenvalue weighted by Gasteiger charge is -2.41. The van der Waals surface area contributed by atoms with Gasteiger partial charge in [-0.05, 0) is 36.5 Å². The van der Waals surface area contributed by atoms with E-state index in [2.05, 4.69) is 5.32 Å². The molecule has 5 heteroatoms. The molecule has 0 bridgehead atoms. The smallest absolute Gasteiger partial charge is 0.317 e. The van der Waals surface area contributed by atoms with Crippen LogP contribution in [-0.2, 0) is 6.54 Å². The number of aliphatic hydroxyl groups is 1. The third-order valence-corrected chi connectivity index (χ3v) is 5.22. The molecule has 1 aromatic carbocycles. The van der Waals surface area contributed by atoms with Crippen LogP contribution in [0.25, 0.3) is 0 Å². The third kappa shape index (κ3) is 2.82. The third-order valence-electron chi connectivity index (χ3n) is 5.22. The molecule has 1 aliphatic heterocycles. The highest BCUT2D eigenvalue weighted by Crippen LogP contribution is 2.44. The van der Waals surface area contributed by atoms with Crippen LogP contribution in [0, 0.1) is 17.7 Å². The maximum absolute atomic E-state index is 13.1. The Kier molecular flexibility index (Phi) is 4.08. The van der Waals surface area contributed by atoms with Crippen molar-refractivity contribution in [3.05, 3.63) is 35.6 Å². The Bertz CT molecular complexity index is 561. The molecule has 1 saturated heterocycles. The molecule has 0 spiro atoms. The predicted molar refractivity (Wildman–Crippen MR) is 81.7 cm³/mol. The molecular weight excluding hydrogens is 283 g/mol. The fraction of sp³-hybridized carbons (Fsp3) is 0.588. The molecule has 1 saturated carbocycles. The maximum Gasteiger partial charge on any atom is 0.317 e. The van der Waals surface area contributed by atoms with Gasteiger partial charge < -0.3 is 15.3 Å². The number of carbonyl (C=O) groups excluding carboxylic acids is 1. The van der Waals surface area contributed by atoms with Gasteiger partial charge in [0.25, 0.3) is 0 Å². The second-order valence-corrected chi connectivity index (χ2v) is 6.69. The van der Waals surface area contributed by atoms with E-state index >= 15 is 0 Å². The molecule has 2 fully saturated rings. The van der Waals surface area contributed by atoms with Crippen LogP contribution in [0.3, 0.4) is 0 Å². The summed E-state index contributed by atoms with van der Waals surface area (Å²) in [7, 11) is 0. The number of nitrogens with zero attached hydrogens (tertiary/aromatic N) is 1. The minimum Gasteiger partial charge on any atom is -0.387 e. The number of nitrogens with one attached hydrogen (secondary N) is 1. The summed E-state index contributed by atoms with van der Waals surface area (Å²) in [5.41, 5.74) is -0.0103. The van der Waals surface area contributed by atoms with Gasteiger partial charge in [-0.2, -0.15) is 0 Å². The van der Waals surface area contributed by atoms with E-state index in [-0.39, 0.29) is 17.8 Å². The van der Waals surface area contributed by atoms with E-state index < -0.39 is 5.60 Å². The average Bonchev–Trinajstić information content (AvgIpc) is 2.70. The molecule has 0 radical (unpaired) electrons. The Hall–Kier alpha value is -1.62. The van der Waals surface area contributed by atoms with E-state index in [0.717, 1.165) is 18.4 Å². The van der Waals surface area contributed by atoms with Gasteiger partial charge in [0, 0.05) is 19.0 Å². The van der Waals surface area contributed by atoms with Gasteiger partial charge in [0.05, 0.1) is 12.1 Å².